The lowest BCUT2D eigenvalue weighted by Crippen LogP contribution is -1.94. The van der Waals surface area contributed by atoms with Crippen LogP contribution in [0.4, 0.5) is 0 Å². The Morgan fingerprint density at radius 1 is 0.347 bits per heavy atom. The molecular formula is C40H24O9. The zero-order valence-corrected chi connectivity index (χ0v) is 25.2. The van der Waals surface area contributed by atoms with Gasteiger partial charge in [-0.05, 0) is 51.6 Å². The first-order valence-electron chi connectivity index (χ1n) is 15.2. The van der Waals surface area contributed by atoms with Crippen LogP contribution in [0.1, 0.15) is 0 Å². The smallest absolute Gasteiger partial charge is 0.204 e. The highest BCUT2D eigenvalue weighted by atomic mass is 16.4. The third-order valence-electron chi connectivity index (χ3n) is 9.48. The molecule has 1 heterocycles. The molecule has 8 N–H and O–H groups in total. The van der Waals surface area contributed by atoms with Gasteiger partial charge in [-0.3, -0.25) is 0 Å². The zero-order chi connectivity index (χ0) is 33.9. The Morgan fingerprint density at radius 3 is 1.41 bits per heavy atom. The Hall–Kier alpha value is -7.00. The Bertz CT molecular complexity index is 2840. The maximum absolute atomic E-state index is 11.6. The van der Waals surface area contributed by atoms with Crippen molar-refractivity contribution >= 4 is 65.0 Å². The Morgan fingerprint density at radius 2 is 0.816 bits per heavy atom. The molecule has 0 radical (unpaired) electrons. The zero-order valence-electron chi connectivity index (χ0n) is 25.2. The fraction of sp³-hybridized carbons (Fsp3) is 0. The molecule has 0 aliphatic carbocycles. The van der Waals surface area contributed by atoms with E-state index in [0.717, 1.165) is 26.9 Å². The summed E-state index contributed by atoms with van der Waals surface area (Å²) in [6.07, 6.45) is 0. The number of aromatic hydroxyl groups is 8. The van der Waals surface area contributed by atoms with Gasteiger partial charge in [-0.2, -0.15) is 0 Å². The molecule has 0 bridgehead atoms. The number of hydrogen-bond donors (Lipinski definition) is 8. The molecule has 9 nitrogen and oxygen atoms in total. The monoisotopic (exact) mass is 648 g/mol. The number of furan rings is 1. The van der Waals surface area contributed by atoms with Crippen LogP contribution in [-0.2, 0) is 0 Å². The SMILES string of the molecule is Oc1c(O)c(O)c2c(-c3ccc4oc5c6ccccc6ccc5c4c3)c3c(O)c(O)c(O)c(O)c3c(-c3ccc4ccccc4c3)c2c1O. The molecule has 0 atom stereocenters. The van der Waals surface area contributed by atoms with Crippen molar-refractivity contribution in [3.05, 3.63) is 97.1 Å². The van der Waals surface area contributed by atoms with Gasteiger partial charge in [0.05, 0.1) is 0 Å². The number of rotatable bonds is 2. The van der Waals surface area contributed by atoms with E-state index in [9.17, 15) is 40.9 Å². The number of phenols is 8. The van der Waals surface area contributed by atoms with Crippen LogP contribution in [0.2, 0.25) is 0 Å². The van der Waals surface area contributed by atoms with Crippen molar-refractivity contribution in [1.29, 1.82) is 0 Å². The van der Waals surface area contributed by atoms with Gasteiger partial charge < -0.3 is 45.3 Å². The highest BCUT2D eigenvalue weighted by molar-refractivity contribution is 6.29. The summed E-state index contributed by atoms with van der Waals surface area (Å²) in [7, 11) is 0. The fourth-order valence-electron chi connectivity index (χ4n) is 7.20. The minimum atomic E-state index is -1.02. The van der Waals surface area contributed by atoms with E-state index in [2.05, 4.69) is 0 Å². The van der Waals surface area contributed by atoms with Gasteiger partial charge in [-0.25, -0.2) is 0 Å². The fourth-order valence-corrected chi connectivity index (χ4v) is 7.20. The van der Waals surface area contributed by atoms with E-state index in [4.69, 9.17) is 4.42 Å². The number of hydrogen-bond acceptors (Lipinski definition) is 9. The molecule has 0 amide bonds. The van der Waals surface area contributed by atoms with E-state index in [-0.39, 0.29) is 32.7 Å². The lowest BCUT2D eigenvalue weighted by molar-refractivity contribution is 0.350. The third kappa shape index (κ3) is 3.69. The standard InChI is InChI=1S/C40H24O9/c41-32-28-26(20-10-9-17-5-1-2-7-19(17)15-20)29-31(35(44)39(48)37(46)33(29)42)27(30(28)34(43)38(47)36(32)45)21-12-14-25-24(16-21)23-13-11-18-6-3-4-8-22(18)40(23)49-25/h1-16,41-48H. The summed E-state index contributed by atoms with van der Waals surface area (Å²) in [5.74, 6) is -7.42. The molecule has 0 fully saturated rings. The van der Waals surface area contributed by atoms with E-state index in [1.807, 2.05) is 60.7 Å². The second kappa shape index (κ2) is 9.76. The van der Waals surface area contributed by atoms with Crippen LogP contribution in [-0.4, -0.2) is 40.9 Å². The summed E-state index contributed by atoms with van der Waals surface area (Å²) in [4.78, 5) is 0. The molecule has 0 saturated carbocycles. The van der Waals surface area contributed by atoms with Crippen LogP contribution in [0, 0.1) is 0 Å². The first-order valence-corrected chi connectivity index (χ1v) is 15.2. The summed E-state index contributed by atoms with van der Waals surface area (Å²) in [6.45, 7) is 0. The van der Waals surface area contributed by atoms with Crippen molar-refractivity contribution in [2.75, 3.05) is 0 Å². The molecule has 0 unspecified atom stereocenters. The topological polar surface area (TPSA) is 175 Å². The molecular weight excluding hydrogens is 624 g/mol. The van der Waals surface area contributed by atoms with Gasteiger partial charge in [0.15, 0.2) is 23.0 Å². The highest BCUT2D eigenvalue weighted by Crippen LogP contribution is 2.62. The van der Waals surface area contributed by atoms with E-state index >= 15 is 0 Å². The van der Waals surface area contributed by atoms with Crippen molar-refractivity contribution in [1.82, 2.24) is 0 Å². The van der Waals surface area contributed by atoms with Crippen LogP contribution in [0.25, 0.3) is 87.3 Å². The summed E-state index contributed by atoms with van der Waals surface area (Å²) >= 11 is 0. The average molecular weight is 649 g/mol. The van der Waals surface area contributed by atoms with Crippen molar-refractivity contribution in [3.63, 3.8) is 0 Å². The third-order valence-corrected chi connectivity index (χ3v) is 9.48. The first kappa shape index (κ1) is 28.2. The predicted octanol–water partition coefficient (Wildman–Crippen LogP) is 9.18. The maximum atomic E-state index is 11.6. The molecule has 49 heavy (non-hydrogen) atoms. The quantitative estimate of drug-likeness (QED) is 0.0516. The normalized spacial score (nSPS) is 11.9. The summed E-state index contributed by atoms with van der Waals surface area (Å²) in [6, 6.07) is 29.2. The molecule has 0 aliphatic rings. The van der Waals surface area contributed by atoms with Gasteiger partial charge in [0.2, 0.25) is 23.0 Å². The van der Waals surface area contributed by atoms with E-state index < -0.39 is 46.0 Å². The highest BCUT2D eigenvalue weighted by Gasteiger charge is 2.32. The van der Waals surface area contributed by atoms with Crippen molar-refractivity contribution in [2.24, 2.45) is 0 Å². The first-order chi connectivity index (χ1) is 23.7. The maximum Gasteiger partial charge on any atom is 0.204 e. The minimum Gasteiger partial charge on any atom is -0.504 e. The van der Waals surface area contributed by atoms with Crippen LogP contribution in [0.5, 0.6) is 46.0 Å². The lowest BCUT2D eigenvalue weighted by Gasteiger charge is -2.22. The molecule has 0 saturated heterocycles. The number of fused-ring (bicyclic) bond motifs is 8. The van der Waals surface area contributed by atoms with E-state index in [1.54, 1.807) is 36.4 Å². The second-order valence-corrected chi connectivity index (χ2v) is 12.1. The second-order valence-electron chi connectivity index (χ2n) is 12.1. The van der Waals surface area contributed by atoms with Gasteiger partial charge in [0.25, 0.3) is 0 Å². The Balaban J connectivity index is 1.51. The van der Waals surface area contributed by atoms with Crippen molar-refractivity contribution in [2.45, 2.75) is 0 Å². The van der Waals surface area contributed by atoms with Gasteiger partial charge >= 0.3 is 0 Å². The minimum absolute atomic E-state index is 0.00740. The Labute approximate surface area is 275 Å². The molecule has 238 valence electrons. The molecule has 0 aliphatic heterocycles. The van der Waals surface area contributed by atoms with Crippen LogP contribution in [0.15, 0.2) is 101 Å². The number of benzene rings is 8. The molecule has 1 aromatic heterocycles. The van der Waals surface area contributed by atoms with Crippen molar-refractivity contribution < 1.29 is 45.3 Å². The molecule has 8 aromatic carbocycles. The van der Waals surface area contributed by atoms with Gasteiger partial charge in [0, 0.05) is 48.8 Å². The van der Waals surface area contributed by atoms with E-state index in [1.165, 1.54) is 0 Å². The van der Waals surface area contributed by atoms with Crippen LogP contribution in [0.3, 0.4) is 0 Å². The largest absolute Gasteiger partial charge is 0.504 e. The summed E-state index contributed by atoms with van der Waals surface area (Å²) in [5, 5.41) is 93.6. The van der Waals surface area contributed by atoms with Crippen LogP contribution >= 0.6 is 0 Å². The summed E-state index contributed by atoms with van der Waals surface area (Å²) in [5.41, 5.74) is 1.78. The molecule has 0 spiro atoms. The van der Waals surface area contributed by atoms with Gasteiger partial charge in [-0.1, -0.05) is 72.8 Å². The number of phenolic OH excluding ortho intramolecular Hbond substituents is 8. The van der Waals surface area contributed by atoms with Gasteiger partial charge in [-0.15, -0.1) is 0 Å². The molecule has 9 rings (SSSR count). The summed E-state index contributed by atoms with van der Waals surface area (Å²) < 4.78 is 6.27. The Kier molecular flexibility index (Phi) is 5.62. The lowest BCUT2D eigenvalue weighted by atomic mass is 9.83. The van der Waals surface area contributed by atoms with Gasteiger partial charge in [0.1, 0.15) is 11.2 Å². The van der Waals surface area contributed by atoms with E-state index in [0.29, 0.717) is 27.7 Å². The van der Waals surface area contributed by atoms with Crippen LogP contribution < -0.4 is 0 Å². The molecule has 9 heteroatoms. The average Bonchev–Trinajstić information content (AvgIpc) is 3.51. The van der Waals surface area contributed by atoms with Crippen molar-refractivity contribution in [3.8, 4) is 68.2 Å². The molecule has 9 aromatic rings. The predicted molar refractivity (Wildman–Crippen MR) is 188 cm³/mol.